The van der Waals surface area contributed by atoms with Crippen molar-refractivity contribution in [2.45, 2.75) is 24.3 Å². The number of carbonyl (C=O) groups is 2. The van der Waals surface area contributed by atoms with E-state index in [1.807, 2.05) is 60.7 Å². The molecule has 0 bridgehead atoms. The van der Waals surface area contributed by atoms with Crippen LogP contribution in [0.5, 0.6) is 0 Å². The highest BCUT2D eigenvalue weighted by Crippen LogP contribution is 2.17. The zero-order valence-corrected chi connectivity index (χ0v) is 16.0. The first-order valence-electron chi connectivity index (χ1n) is 8.47. The summed E-state index contributed by atoms with van der Waals surface area (Å²) in [6.07, 6.45) is 3.15. The molecule has 0 fully saturated rings. The number of rotatable bonds is 8. The minimum Gasteiger partial charge on any atom is -0.272 e. The van der Waals surface area contributed by atoms with Gasteiger partial charge < -0.3 is 0 Å². The Hall–Kier alpha value is -2.93. The smallest absolute Gasteiger partial charge is 0.252 e. The Labute approximate surface area is 163 Å². The number of nitrogens with one attached hydrogen (secondary N) is 2. The van der Waals surface area contributed by atoms with Gasteiger partial charge >= 0.3 is 0 Å². The van der Waals surface area contributed by atoms with E-state index in [0.29, 0.717) is 0 Å². The molecular formula is C20H22N4O2S. The summed E-state index contributed by atoms with van der Waals surface area (Å²) in [5.41, 5.74) is 6.76. The number of thioether (sulfide) groups is 1. The molecule has 2 aromatic carbocycles. The summed E-state index contributed by atoms with van der Waals surface area (Å²) >= 11 is 1.24. The predicted molar refractivity (Wildman–Crippen MR) is 111 cm³/mol. The Morgan fingerprint density at radius 3 is 1.52 bits per heavy atom. The molecule has 7 heteroatoms. The fourth-order valence-corrected chi connectivity index (χ4v) is 3.00. The van der Waals surface area contributed by atoms with Crippen LogP contribution in [0.25, 0.3) is 0 Å². The van der Waals surface area contributed by atoms with Crippen molar-refractivity contribution in [3.8, 4) is 0 Å². The van der Waals surface area contributed by atoms with Gasteiger partial charge in [0.15, 0.2) is 0 Å². The second-order valence-corrected chi connectivity index (χ2v) is 7.40. The molecule has 2 atom stereocenters. The van der Waals surface area contributed by atoms with Gasteiger partial charge in [0.05, 0.1) is 22.9 Å². The summed E-state index contributed by atoms with van der Waals surface area (Å²) in [6.45, 7) is 3.46. The molecule has 0 aromatic heterocycles. The highest BCUT2D eigenvalue weighted by molar-refractivity contribution is 8.01. The number of hydrazone groups is 2. The number of benzene rings is 2. The summed E-state index contributed by atoms with van der Waals surface area (Å²) in [4.78, 5) is 24.2. The molecule has 27 heavy (non-hydrogen) atoms. The molecule has 0 radical (unpaired) electrons. The minimum atomic E-state index is -0.434. The van der Waals surface area contributed by atoms with Crippen LogP contribution in [0.3, 0.4) is 0 Å². The number of hydrogen-bond acceptors (Lipinski definition) is 5. The maximum atomic E-state index is 12.1. The monoisotopic (exact) mass is 382 g/mol. The average Bonchev–Trinajstić information content (AvgIpc) is 2.69. The lowest BCUT2D eigenvalue weighted by Gasteiger charge is -2.14. The molecule has 0 aliphatic heterocycles. The van der Waals surface area contributed by atoms with E-state index in [9.17, 15) is 9.59 Å². The molecule has 2 aromatic rings. The molecule has 2 N–H and O–H groups in total. The molecule has 0 heterocycles. The van der Waals surface area contributed by atoms with Crippen molar-refractivity contribution in [3.63, 3.8) is 0 Å². The Kier molecular flexibility index (Phi) is 8.25. The van der Waals surface area contributed by atoms with Crippen LogP contribution < -0.4 is 10.9 Å². The first kappa shape index (κ1) is 20.4. The van der Waals surface area contributed by atoms with E-state index in [4.69, 9.17) is 0 Å². The Bertz CT molecular complexity index is 727. The molecule has 2 amide bonds. The third kappa shape index (κ3) is 7.45. The average molecular weight is 382 g/mol. The maximum absolute atomic E-state index is 12.1. The van der Waals surface area contributed by atoms with Gasteiger partial charge in [-0.3, -0.25) is 9.59 Å². The fraction of sp³-hybridized carbons (Fsp3) is 0.200. The topological polar surface area (TPSA) is 82.9 Å². The second-order valence-electron chi connectivity index (χ2n) is 5.71. The van der Waals surface area contributed by atoms with E-state index >= 15 is 0 Å². The van der Waals surface area contributed by atoms with Crippen molar-refractivity contribution in [2.75, 3.05) is 0 Å². The lowest BCUT2D eigenvalue weighted by molar-refractivity contribution is -0.120. The summed E-state index contributed by atoms with van der Waals surface area (Å²) in [5, 5.41) is 7.00. The van der Waals surface area contributed by atoms with E-state index in [2.05, 4.69) is 21.1 Å². The molecule has 0 aliphatic rings. The van der Waals surface area contributed by atoms with Crippen LogP contribution in [0, 0.1) is 0 Å². The summed E-state index contributed by atoms with van der Waals surface area (Å²) in [6, 6.07) is 18.9. The van der Waals surface area contributed by atoms with Gasteiger partial charge in [-0.25, -0.2) is 10.9 Å². The van der Waals surface area contributed by atoms with E-state index in [-0.39, 0.29) is 11.8 Å². The largest absolute Gasteiger partial charge is 0.272 e. The summed E-state index contributed by atoms with van der Waals surface area (Å²) in [5.74, 6) is -0.528. The Morgan fingerprint density at radius 2 is 1.15 bits per heavy atom. The number of amides is 2. The molecule has 140 valence electrons. The van der Waals surface area contributed by atoms with E-state index in [1.54, 1.807) is 26.3 Å². The minimum absolute atomic E-state index is 0.264. The molecule has 0 saturated heterocycles. The highest BCUT2D eigenvalue weighted by atomic mass is 32.2. The lowest BCUT2D eigenvalue weighted by Crippen LogP contribution is -2.33. The van der Waals surface area contributed by atoms with Crippen molar-refractivity contribution < 1.29 is 9.59 Å². The predicted octanol–water partition coefficient (Wildman–Crippen LogP) is 2.80. The van der Waals surface area contributed by atoms with Crippen molar-refractivity contribution in [1.29, 1.82) is 0 Å². The zero-order chi connectivity index (χ0) is 19.5. The summed E-state index contributed by atoms with van der Waals surface area (Å²) in [7, 11) is 0. The van der Waals surface area contributed by atoms with Crippen molar-refractivity contribution >= 4 is 36.0 Å². The van der Waals surface area contributed by atoms with E-state index in [0.717, 1.165) is 11.1 Å². The molecule has 0 spiro atoms. The highest BCUT2D eigenvalue weighted by Gasteiger charge is 2.21. The van der Waals surface area contributed by atoms with Gasteiger partial charge in [-0.05, 0) is 25.0 Å². The van der Waals surface area contributed by atoms with Gasteiger partial charge in [-0.15, -0.1) is 11.8 Å². The quantitative estimate of drug-likeness (QED) is 0.544. The number of nitrogens with zero attached hydrogens (tertiary/aromatic N) is 2. The van der Waals surface area contributed by atoms with Crippen LogP contribution in [0.2, 0.25) is 0 Å². The normalized spacial score (nSPS) is 13.4. The molecule has 2 unspecified atom stereocenters. The van der Waals surface area contributed by atoms with Gasteiger partial charge in [0.1, 0.15) is 0 Å². The SMILES string of the molecule is CC(SC(C)C(=O)N/N=C\c1ccccc1)C(=O)NN=Cc1ccccc1. The Morgan fingerprint density at radius 1 is 0.778 bits per heavy atom. The lowest BCUT2D eigenvalue weighted by atomic mass is 10.2. The van der Waals surface area contributed by atoms with Crippen LogP contribution >= 0.6 is 11.8 Å². The van der Waals surface area contributed by atoms with Gasteiger partial charge in [-0.2, -0.15) is 10.2 Å². The van der Waals surface area contributed by atoms with E-state index in [1.165, 1.54) is 11.8 Å². The van der Waals surface area contributed by atoms with Gasteiger partial charge in [-0.1, -0.05) is 60.7 Å². The summed E-state index contributed by atoms with van der Waals surface area (Å²) < 4.78 is 0. The van der Waals surface area contributed by atoms with Crippen LogP contribution in [-0.4, -0.2) is 34.7 Å². The van der Waals surface area contributed by atoms with Crippen LogP contribution in [0.4, 0.5) is 0 Å². The molecule has 0 saturated carbocycles. The first-order valence-corrected chi connectivity index (χ1v) is 9.42. The van der Waals surface area contributed by atoms with Crippen molar-refractivity contribution in [2.24, 2.45) is 10.2 Å². The first-order chi connectivity index (χ1) is 13.1. The van der Waals surface area contributed by atoms with Crippen molar-refractivity contribution in [1.82, 2.24) is 10.9 Å². The van der Waals surface area contributed by atoms with Gasteiger partial charge in [0.2, 0.25) is 0 Å². The van der Waals surface area contributed by atoms with Crippen LogP contribution in [0.1, 0.15) is 25.0 Å². The maximum Gasteiger partial charge on any atom is 0.252 e. The number of hydrogen-bond donors (Lipinski definition) is 2. The fourth-order valence-electron chi connectivity index (χ4n) is 2.03. The van der Waals surface area contributed by atoms with Gasteiger partial charge in [0.25, 0.3) is 11.8 Å². The second kappa shape index (κ2) is 10.9. The van der Waals surface area contributed by atoms with Gasteiger partial charge in [0, 0.05) is 0 Å². The Balaban J connectivity index is 1.75. The molecule has 0 aliphatic carbocycles. The molecule has 6 nitrogen and oxygen atoms in total. The molecular weight excluding hydrogens is 360 g/mol. The molecule has 2 rings (SSSR count). The standard InChI is InChI=1S/C20H22N4O2S/c1-15(19(25)23-21-13-17-9-5-3-6-10-17)27-16(2)20(26)24-22-14-18-11-7-4-8-12-18/h3-16H,1-2H3,(H,23,25)(H,24,26)/b21-13-,22-14?. The van der Waals surface area contributed by atoms with E-state index < -0.39 is 10.5 Å². The third-order valence-corrected chi connectivity index (χ3v) is 4.77. The van der Waals surface area contributed by atoms with Crippen LogP contribution in [0.15, 0.2) is 70.9 Å². The third-order valence-electron chi connectivity index (χ3n) is 3.52. The van der Waals surface area contributed by atoms with Crippen molar-refractivity contribution in [3.05, 3.63) is 71.8 Å². The van der Waals surface area contributed by atoms with Crippen LogP contribution in [-0.2, 0) is 9.59 Å². The number of carbonyl (C=O) groups excluding carboxylic acids is 2. The zero-order valence-electron chi connectivity index (χ0n) is 15.2.